The van der Waals surface area contributed by atoms with E-state index < -0.39 is 0 Å². The molecule has 1 aliphatic rings. The van der Waals surface area contributed by atoms with Crippen molar-refractivity contribution in [2.75, 3.05) is 30.9 Å². The monoisotopic (exact) mass is 234 g/mol. The van der Waals surface area contributed by atoms with Crippen LogP contribution in [-0.2, 0) is 0 Å². The quantitative estimate of drug-likeness (QED) is 0.850. The molecule has 0 saturated heterocycles. The van der Waals surface area contributed by atoms with Gasteiger partial charge in [0.05, 0.1) is 0 Å². The smallest absolute Gasteiger partial charge is 0.136 e. The van der Waals surface area contributed by atoms with E-state index in [1.807, 2.05) is 13.1 Å². The number of nitrogens with zero attached hydrogens (tertiary/aromatic N) is 3. The van der Waals surface area contributed by atoms with Crippen LogP contribution in [0.5, 0.6) is 0 Å². The second-order valence-corrected chi connectivity index (χ2v) is 5.27. The number of aromatic nitrogens is 2. The van der Waals surface area contributed by atoms with Crippen LogP contribution in [0, 0.1) is 5.92 Å². The molecule has 0 radical (unpaired) electrons. The molecule has 0 atom stereocenters. The second kappa shape index (κ2) is 4.90. The molecule has 17 heavy (non-hydrogen) atoms. The van der Waals surface area contributed by atoms with Crippen LogP contribution in [0.4, 0.5) is 11.6 Å². The van der Waals surface area contributed by atoms with Crippen LogP contribution < -0.4 is 10.2 Å². The van der Waals surface area contributed by atoms with Gasteiger partial charge in [0.1, 0.15) is 17.5 Å². The van der Waals surface area contributed by atoms with Gasteiger partial charge in [-0.2, -0.15) is 0 Å². The van der Waals surface area contributed by atoms with Crippen molar-refractivity contribution in [3.63, 3.8) is 0 Å². The third-order valence-corrected chi connectivity index (χ3v) is 2.96. The van der Waals surface area contributed by atoms with E-state index in [4.69, 9.17) is 0 Å². The summed E-state index contributed by atoms with van der Waals surface area (Å²) in [5.41, 5.74) is 0. The molecule has 0 aliphatic heterocycles. The van der Waals surface area contributed by atoms with Crippen molar-refractivity contribution in [1.82, 2.24) is 9.97 Å². The molecule has 0 amide bonds. The number of hydrogen-bond acceptors (Lipinski definition) is 4. The molecule has 0 aromatic carbocycles. The molecule has 1 heterocycles. The van der Waals surface area contributed by atoms with Gasteiger partial charge in [-0.25, -0.2) is 9.97 Å². The van der Waals surface area contributed by atoms with Crippen molar-refractivity contribution in [1.29, 1.82) is 0 Å². The molecule has 0 spiro atoms. The van der Waals surface area contributed by atoms with Crippen LogP contribution in [0.25, 0.3) is 0 Å². The first-order valence-electron chi connectivity index (χ1n) is 6.38. The summed E-state index contributed by atoms with van der Waals surface area (Å²) in [5.74, 6) is 4.18. The Bertz CT molecular complexity index is 385. The molecule has 4 nitrogen and oxygen atoms in total. The van der Waals surface area contributed by atoms with E-state index in [1.165, 1.54) is 12.8 Å². The summed E-state index contributed by atoms with van der Waals surface area (Å²) < 4.78 is 0. The van der Waals surface area contributed by atoms with E-state index in [2.05, 4.69) is 41.1 Å². The number of anilines is 2. The Morgan fingerprint density at radius 2 is 2.12 bits per heavy atom. The molecule has 1 N–H and O–H groups in total. The first-order valence-corrected chi connectivity index (χ1v) is 6.38. The highest BCUT2D eigenvalue weighted by Gasteiger charge is 2.27. The average molecular weight is 234 g/mol. The molecule has 1 fully saturated rings. The Labute approximate surface area is 103 Å². The predicted molar refractivity (Wildman–Crippen MR) is 71.7 cm³/mol. The Kier molecular flexibility index (Phi) is 3.50. The Morgan fingerprint density at radius 3 is 2.65 bits per heavy atom. The molecule has 0 unspecified atom stereocenters. The first-order chi connectivity index (χ1) is 8.10. The minimum Gasteiger partial charge on any atom is -0.373 e. The third kappa shape index (κ3) is 3.08. The maximum Gasteiger partial charge on any atom is 0.136 e. The minimum absolute atomic E-state index is 0.592. The van der Waals surface area contributed by atoms with Gasteiger partial charge in [-0.3, -0.25) is 0 Å². The summed E-state index contributed by atoms with van der Waals surface area (Å²) in [7, 11) is 4.00. The zero-order valence-corrected chi connectivity index (χ0v) is 11.2. The molecule has 94 valence electrons. The summed E-state index contributed by atoms with van der Waals surface area (Å²) in [5, 5.41) is 3.12. The van der Waals surface area contributed by atoms with Crippen molar-refractivity contribution < 1.29 is 0 Å². The van der Waals surface area contributed by atoms with Crippen molar-refractivity contribution in [3.05, 3.63) is 11.9 Å². The lowest BCUT2D eigenvalue weighted by Crippen LogP contribution is -2.24. The topological polar surface area (TPSA) is 41.0 Å². The summed E-state index contributed by atoms with van der Waals surface area (Å²) >= 11 is 0. The van der Waals surface area contributed by atoms with E-state index in [0.717, 1.165) is 24.0 Å². The molecule has 4 heteroatoms. The molecule has 2 rings (SSSR count). The molecular formula is C13H22N4. The maximum atomic E-state index is 4.67. The van der Waals surface area contributed by atoms with E-state index >= 15 is 0 Å². The fourth-order valence-electron chi connectivity index (χ4n) is 1.94. The van der Waals surface area contributed by atoms with E-state index in [0.29, 0.717) is 11.8 Å². The second-order valence-electron chi connectivity index (χ2n) is 5.27. The van der Waals surface area contributed by atoms with Gasteiger partial charge in [0, 0.05) is 32.6 Å². The van der Waals surface area contributed by atoms with Gasteiger partial charge in [0.15, 0.2) is 0 Å². The standard InChI is InChI=1S/C13H22N4/c1-9(2)8-17(4)12-7-11(14-3)15-13(16-12)10-5-6-10/h7,9-10H,5-6,8H2,1-4H3,(H,14,15,16). The van der Waals surface area contributed by atoms with E-state index in [1.54, 1.807) is 0 Å². The highest BCUT2D eigenvalue weighted by atomic mass is 15.2. The van der Waals surface area contributed by atoms with Crippen LogP contribution in [0.1, 0.15) is 38.4 Å². The first kappa shape index (κ1) is 12.1. The Morgan fingerprint density at radius 1 is 1.41 bits per heavy atom. The highest BCUT2D eigenvalue weighted by molar-refractivity contribution is 5.49. The fraction of sp³-hybridized carbons (Fsp3) is 0.692. The number of rotatable bonds is 5. The number of hydrogen-bond donors (Lipinski definition) is 1. The molecule has 1 aliphatic carbocycles. The van der Waals surface area contributed by atoms with Crippen molar-refractivity contribution >= 4 is 11.6 Å². The Balaban J connectivity index is 2.22. The minimum atomic E-state index is 0.592. The fourth-order valence-corrected chi connectivity index (χ4v) is 1.94. The van der Waals surface area contributed by atoms with Crippen molar-refractivity contribution in [2.24, 2.45) is 5.92 Å². The van der Waals surface area contributed by atoms with Crippen LogP contribution in [0.3, 0.4) is 0 Å². The zero-order valence-electron chi connectivity index (χ0n) is 11.2. The highest BCUT2D eigenvalue weighted by Crippen LogP contribution is 2.39. The molecule has 0 bridgehead atoms. The predicted octanol–water partition coefficient (Wildman–Crippen LogP) is 2.49. The van der Waals surface area contributed by atoms with E-state index in [-0.39, 0.29) is 0 Å². The Hall–Kier alpha value is -1.32. The molecular weight excluding hydrogens is 212 g/mol. The van der Waals surface area contributed by atoms with Gasteiger partial charge in [-0.1, -0.05) is 13.8 Å². The van der Waals surface area contributed by atoms with Crippen molar-refractivity contribution in [2.45, 2.75) is 32.6 Å². The third-order valence-electron chi connectivity index (χ3n) is 2.96. The van der Waals surface area contributed by atoms with Crippen LogP contribution in [0.2, 0.25) is 0 Å². The maximum absolute atomic E-state index is 4.67. The normalized spacial score (nSPS) is 15.1. The van der Waals surface area contributed by atoms with Crippen LogP contribution in [0.15, 0.2) is 6.07 Å². The average Bonchev–Trinajstić information content (AvgIpc) is 3.11. The van der Waals surface area contributed by atoms with Crippen molar-refractivity contribution in [3.8, 4) is 0 Å². The van der Waals surface area contributed by atoms with E-state index in [9.17, 15) is 0 Å². The summed E-state index contributed by atoms with van der Waals surface area (Å²) in [6.07, 6.45) is 2.47. The largest absolute Gasteiger partial charge is 0.373 e. The lowest BCUT2D eigenvalue weighted by Gasteiger charge is -2.21. The van der Waals surface area contributed by atoms with Crippen LogP contribution in [-0.4, -0.2) is 30.6 Å². The molecule has 1 aromatic rings. The molecule has 1 aromatic heterocycles. The lowest BCUT2D eigenvalue weighted by molar-refractivity contribution is 0.633. The van der Waals surface area contributed by atoms with Gasteiger partial charge < -0.3 is 10.2 Å². The summed E-state index contributed by atoms with van der Waals surface area (Å²) in [6, 6.07) is 2.02. The van der Waals surface area contributed by atoms with Gasteiger partial charge in [0.2, 0.25) is 0 Å². The van der Waals surface area contributed by atoms with Gasteiger partial charge in [-0.15, -0.1) is 0 Å². The van der Waals surface area contributed by atoms with Gasteiger partial charge >= 0.3 is 0 Å². The molecule has 1 saturated carbocycles. The zero-order chi connectivity index (χ0) is 12.4. The van der Waals surface area contributed by atoms with Gasteiger partial charge in [-0.05, 0) is 18.8 Å². The van der Waals surface area contributed by atoms with Crippen LogP contribution >= 0.6 is 0 Å². The lowest BCUT2D eigenvalue weighted by atomic mass is 10.2. The summed E-state index contributed by atoms with van der Waals surface area (Å²) in [6.45, 7) is 5.46. The van der Waals surface area contributed by atoms with Gasteiger partial charge in [0.25, 0.3) is 0 Å². The summed E-state index contributed by atoms with van der Waals surface area (Å²) in [4.78, 5) is 11.4. The number of nitrogens with one attached hydrogen (secondary N) is 1. The SMILES string of the molecule is CNc1cc(N(C)CC(C)C)nc(C2CC2)n1.